The van der Waals surface area contributed by atoms with Gasteiger partial charge in [-0.2, -0.15) is 0 Å². The number of aromatic amines is 1. The number of rotatable bonds is 4. The molecule has 3 aromatic rings. The monoisotopic (exact) mass is 326 g/mol. The van der Waals surface area contributed by atoms with Crippen LogP contribution in [-0.2, 0) is 0 Å². The van der Waals surface area contributed by atoms with Gasteiger partial charge in [-0.25, -0.2) is 9.78 Å². The number of aromatic carboxylic acids is 1. The number of carbonyl (C=O) groups is 1. The van der Waals surface area contributed by atoms with Gasteiger partial charge in [0.2, 0.25) is 5.88 Å². The van der Waals surface area contributed by atoms with Crippen LogP contribution >= 0.6 is 0 Å². The predicted octanol–water partition coefficient (Wildman–Crippen LogP) is 2.39. The van der Waals surface area contributed by atoms with E-state index in [4.69, 9.17) is 9.84 Å². The topological polar surface area (TPSA) is 113 Å². The minimum atomic E-state index is -1.43. The first kappa shape index (κ1) is 15.5. The van der Waals surface area contributed by atoms with Gasteiger partial charge in [0.1, 0.15) is 5.39 Å². The molecule has 0 aliphatic heterocycles. The number of nitrogens with one attached hydrogen (secondary N) is 1. The minimum Gasteiger partial charge on any atom is -0.505 e. The summed E-state index contributed by atoms with van der Waals surface area (Å²) >= 11 is 0. The third kappa shape index (κ3) is 2.56. The zero-order valence-corrected chi connectivity index (χ0v) is 12.7. The van der Waals surface area contributed by atoms with E-state index in [-0.39, 0.29) is 23.3 Å². The zero-order valence-electron chi connectivity index (χ0n) is 12.7. The summed E-state index contributed by atoms with van der Waals surface area (Å²) in [7, 11) is 0. The lowest BCUT2D eigenvalue weighted by Gasteiger charge is -2.11. The summed E-state index contributed by atoms with van der Waals surface area (Å²) in [6.07, 6.45) is 0. The first-order valence-electron chi connectivity index (χ1n) is 7.24. The van der Waals surface area contributed by atoms with Crippen molar-refractivity contribution >= 4 is 16.7 Å². The Morgan fingerprint density at radius 1 is 1.29 bits per heavy atom. The molecule has 3 rings (SSSR count). The molecule has 0 atom stereocenters. The molecule has 7 heteroatoms. The Bertz CT molecular complexity index is 980. The van der Waals surface area contributed by atoms with Crippen molar-refractivity contribution in [1.29, 1.82) is 0 Å². The van der Waals surface area contributed by atoms with E-state index < -0.39 is 23.0 Å². The molecule has 1 aromatic carbocycles. The van der Waals surface area contributed by atoms with Gasteiger partial charge < -0.3 is 19.9 Å². The quantitative estimate of drug-likeness (QED) is 0.678. The van der Waals surface area contributed by atoms with E-state index >= 15 is 0 Å². The third-order valence-electron chi connectivity index (χ3n) is 3.51. The number of nitrogens with zero attached hydrogens (tertiary/aromatic N) is 1. The van der Waals surface area contributed by atoms with Crippen molar-refractivity contribution in [1.82, 2.24) is 9.97 Å². The Kier molecular flexibility index (Phi) is 3.91. The molecule has 0 unspecified atom stereocenters. The Hall–Kier alpha value is -3.35. The van der Waals surface area contributed by atoms with Crippen molar-refractivity contribution in [2.75, 3.05) is 6.61 Å². The number of aromatic nitrogens is 2. The summed E-state index contributed by atoms with van der Waals surface area (Å²) in [6, 6.07) is 10.6. The molecule has 0 saturated heterocycles. The van der Waals surface area contributed by atoms with Crippen molar-refractivity contribution in [2.24, 2.45) is 0 Å². The molecule has 0 bridgehead atoms. The van der Waals surface area contributed by atoms with Gasteiger partial charge in [-0.1, -0.05) is 30.3 Å². The minimum absolute atomic E-state index is 0.0130. The lowest BCUT2D eigenvalue weighted by molar-refractivity contribution is 0.0687. The largest absolute Gasteiger partial charge is 0.505 e. The highest BCUT2D eigenvalue weighted by molar-refractivity contribution is 6.00. The molecule has 0 aliphatic carbocycles. The van der Waals surface area contributed by atoms with Gasteiger partial charge in [0.15, 0.2) is 11.4 Å². The highest BCUT2D eigenvalue weighted by Gasteiger charge is 2.21. The van der Waals surface area contributed by atoms with Gasteiger partial charge in [0.25, 0.3) is 5.56 Å². The number of hydrogen-bond donors (Lipinski definition) is 3. The number of hydrogen-bond acceptors (Lipinski definition) is 5. The van der Waals surface area contributed by atoms with E-state index in [0.29, 0.717) is 5.69 Å². The van der Waals surface area contributed by atoms with E-state index in [0.717, 1.165) is 5.56 Å². The molecule has 2 aromatic heterocycles. The van der Waals surface area contributed by atoms with Crippen molar-refractivity contribution in [2.45, 2.75) is 6.92 Å². The average molecular weight is 326 g/mol. The van der Waals surface area contributed by atoms with E-state index in [2.05, 4.69) is 9.97 Å². The number of ether oxygens (including phenoxy) is 1. The van der Waals surface area contributed by atoms with Crippen LogP contribution in [0.1, 0.15) is 17.4 Å². The van der Waals surface area contributed by atoms with E-state index in [9.17, 15) is 14.7 Å². The summed E-state index contributed by atoms with van der Waals surface area (Å²) in [5.41, 5.74) is -0.0448. The van der Waals surface area contributed by atoms with Crippen LogP contribution in [0.5, 0.6) is 11.6 Å². The van der Waals surface area contributed by atoms with Crippen LogP contribution in [0, 0.1) is 0 Å². The highest BCUT2D eigenvalue weighted by atomic mass is 16.5. The lowest BCUT2D eigenvalue weighted by atomic mass is 10.1. The number of carboxylic acids is 1. The number of pyridine rings is 2. The first-order chi connectivity index (χ1) is 11.5. The molecule has 0 radical (unpaired) electrons. The van der Waals surface area contributed by atoms with Crippen molar-refractivity contribution in [3.63, 3.8) is 0 Å². The number of fused-ring (bicyclic) bond motifs is 1. The highest BCUT2D eigenvalue weighted by Crippen LogP contribution is 2.33. The van der Waals surface area contributed by atoms with Gasteiger partial charge >= 0.3 is 5.97 Å². The number of aromatic hydroxyl groups is 1. The zero-order chi connectivity index (χ0) is 17.3. The fourth-order valence-electron chi connectivity index (χ4n) is 2.45. The van der Waals surface area contributed by atoms with Crippen LogP contribution in [-0.4, -0.2) is 32.8 Å². The molecule has 0 spiro atoms. The lowest BCUT2D eigenvalue weighted by Crippen LogP contribution is -2.15. The number of H-pyrrole nitrogens is 1. The van der Waals surface area contributed by atoms with Crippen molar-refractivity contribution < 1.29 is 19.7 Å². The fourth-order valence-corrected chi connectivity index (χ4v) is 2.45. The Labute approximate surface area is 136 Å². The summed E-state index contributed by atoms with van der Waals surface area (Å²) in [5.74, 6) is -1.91. The van der Waals surface area contributed by atoms with Crippen LogP contribution < -0.4 is 10.3 Å². The van der Waals surface area contributed by atoms with E-state index in [1.807, 2.05) is 30.3 Å². The van der Waals surface area contributed by atoms with Gasteiger partial charge in [-0.05, 0) is 13.0 Å². The third-order valence-corrected chi connectivity index (χ3v) is 3.51. The van der Waals surface area contributed by atoms with Crippen molar-refractivity contribution in [3.8, 4) is 22.9 Å². The summed E-state index contributed by atoms with van der Waals surface area (Å²) in [5, 5.41) is 19.5. The molecule has 0 saturated carbocycles. The standard InChI is InChI=1S/C17H14N2O5/c1-2-24-16-12-10(14(20)13(17(22)23)19-15(12)21)8-11(18-16)9-6-4-3-5-7-9/h3-8,20H,2H2,1H3,(H,19,21)(H,22,23). The molecule has 7 nitrogen and oxygen atoms in total. The normalized spacial score (nSPS) is 10.7. The van der Waals surface area contributed by atoms with Crippen LogP contribution in [0.3, 0.4) is 0 Å². The molecular formula is C17H14N2O5. The number of carboxylic acid groups (broad SMARTS) is 1. The van der Waals surface area contributed by atoms with Crippen LogP contribution in [0.25, 0.3) is 22.0 Å². The van der Waals surface area contributed by atoms with Crippen LogP contribution in [0.2, 0.25) is 0 Å². The van der Waals surface area contributed by atoms with Crippen LogP contribution in [0.15, 0.2) is 41.2 Å². The second-order valence-electron chi connectivity index (χ2n) is 5.02. The molecule has 0 fully saturated rings. The maximum atomic E-state index is 12.2. The second kappa shape index (κ2) is 6.04. The number of benzene rings is 1. The molecule has 2 heterocycles. The molecule has 122 valence electrons. The SMILES string of the molecule is CCOc1nc(-c2ccccc2)cc2c(O)c(C(=O)O)[nH]c(=O)c12. The Morgan fingerprint density at radius 3 is 2.62 bits per heavy atom. The Morgan fingerprint density at radius 2 is 2.00 bits per heavy atom. The fraction of sp³-hybridized carbons (Fsp3) is 0.118. The van der Waals surface area contributed by atoms with E-state index in [1.165, 1.54) is 6.07 Å². The van der Waals surface area contributed by atoms with E-state index in [1.54, 1.807) is 6.92 Å². The molecule has 0 aliphatic rings. The van der Waals surface area contributed by atoms with Crippen LogP contribution in [0.4, 0.5) is 0 Å². The first-order valence-corrected chi connectivity index (χ1v) is 7.24. The summed E-state index contributed by atoms with van der Waals surface area (Å²) < 4.78 is 5.43. The maximum Gasteiger partial charge on any atom is 0.356 e. The second-order valence-corrected chi connectivity index (χ2v) is 5.02. The summed E-state index contributed by atoms with van der Waals surface area (Å²) in [4.78, 5) is 29.9. The molecular weight excluding hydrogens is 312 g/mol. The average Bonchev–Trinajstić information content (AvgIpc) is 2.58. The predicted molar refractivity (Wildman–Crippen MR) is 87.6 cm³/mol. The Balaban J connectivity index is 2.40. The molecule has 3 N–H and O–H groups in total. The summed E-state index contributed by atoms with van der Waals surface area (Å²) in [6.45, 7) is 2.00. The van der Waals surface area contributed by atoms with Gasteiger partial charge in [0.05, 0.1) is 12.3 Å². The maximum absolute atomic E-state index is 12.2. The van der Waals surface area contributed by atoms with Crippen molar-refractivity contribution in [3.05, 3.63) is 52.4 Å². The molecule has 24 heavy (non-hydrogen) atoms. The van der Waals surface area contributed by atoms with Gasteiger partial charge in [-0.15, -0.1) is 0 Å². The molecule has 0 amide bonds. The van der Waals surface area contributed by atoms with Gasteiger partial charge in [0, 0.05) is 10.9 Å². The smallest absolute Gasteiger partial charge is 0.356 e. The van der Waals surface area contributed by atoms with Gasteiger partial charge in [-0.3, -0.25) is 4.79 Å².